The number of hydrogen-bond acceptors (Lipinski definition) is 6. The normalized spacial score (nSPS) is 10.8. The summed E-state index contributed by atoms with van der Waals surface area (Å²) in [4.78, 5) is 45.2. The van der Waals surface area contributed by atoms with Crippen molar-refractivity contribution in [2.45, 2.75) is 0 Å². The van der Waals surface area contributed by atoms with Gasteiger partial charge in [-0.3, -0.25) is 9.59 Å². The van der Waals surface area contributed by atoms with Gasteiger partial charge < -0.3 is 9.47 Å². The Bertz CT molecular complexity index is 864. The van der Waals surface area contributed by atoms with Crippen LogP contribution in [0.4, 0.5) is 0 Å². The molecule has 0 aliphatic carbocycles. The number of carbonyl (C=O) groups excluding carboxylic acids is 4. The van der Waals surface area contributed by atoms with Gasteiger partial charge in [0.15, 0.2) is 0 Å². The van der Waals surface area contributed by atoms with E-state index >= 15 is 0 Å². The van der Waals surface area contributed by atoms with Crippen LogP contribution in [0.25, 0.3) is 0 Å². The molecule has 0 aliphatic rings. The number of rotatable bonds is 7. The van der Waals surface area contributed by atoms with Crippen molar-refractivity contribution in [2.75, 3.05) is 0 Å². The van der Waals surface area contributed by atoms with Crippen molar-refractivity contribution in [3.05, 3.63) is 84.0 Å². The summed E-state index contributed by atoms with van der Waals surface area (Å²) in [5.74, 6) is -0.884. The molecule has 0 unspecified atom stereocenters. The fourth-order valence-electron chi connectivity index (χ4n) is 1.88. The maximum absolute atomic E-state index is 11.7. The molecule has 0 heterocycles. The summed E-state index contributed by atoms with van der Waals surface area (Å²) in [6, 6.07) is 11.4. The summed E-state index contributed by atoms with van der Waals surface area (Å²) >= 11 is 10.6. The molecular weight excluding hydrogens is 407 g/mol. The average Bonchev–Trinajstić information content (AvgIpc) is 2.66. The minimum atomic E-state index is -0.677. The van der Waals surface area contributed by atoms with Crippen molar-refractivity contribution < 1.29 is 28.7 Å². The molecule has 2 rings (SSSR count). The van der Waals surface area contributed by atoms with Crippen LogP contribution in [0.15, 0.2) is 72.8 Å². The van der Waals surface area contributed by atoms with E-state index < -0.39 is 22.4 Å². The van der Waals surface area contributed by atoms with Gasteiger partial charge in [-0.25, -0.2) is 9.59 Å². The summed E-state index contributed by atoms with van der Waals surface area (Å²) in [7, 11) is 0. The van der Waals surface area contributed by atoms with Crippen LogP contribution in [0, 0.1) is 0 Å². The standard InChI is InChI=1S/C20H12Cl2O6/c21-19(25)13-5-9-15(10-6-13)27-17(23)3-1-2-4-18(24)28-16-11-7-14(8-12-16)20(22)26/h1-12H. The Kier molecular flexibility index (Phi) is 7.68. The van der Waals surface area contributed by atoms with Gasteiger partial charge in [0.25, 0.3) is 10.5 Å². The second-order valence-corrected chi connectivity index (χ2v) is 5.84. The third-order valence-corrected chi connectivity index (χ3v) is 3.61. The number of ether oxygens (including phenoxy) is 2. The monoisotopic (exact) mass is 418 g/mol. The SMILES string of the molecule is O=C(C=CC=CC(=O)Oc1ccc(C(=O)Cl)cc1)Oc1ccc(C(=O)Cl)cc1. The largest absolute Gasteiger partial charge is 0.423 e. The molecule has 0 radical (unpaired) electrons. The molecule has 0 N–H and O–H groups in total. The summed E-state index contributed by atoms with van der Waals surface area (Å²) < 4.78 is 10.0. The Morgan fingerprint density at radius 3 is 1.21 bits per heavy atom. The highest BCUT2D eigenvalue weighted by atomic mass is 35.5. The third-order valence-electron chi connectivity index (χ3n) is 3.18. The number of hydrogen-bond donors (Lipinski definition) is 0. The van der Waals surface area contributed by atoms with Crippen LogP contribution in [0.2, 0.25) is 0 Å². The topological polar surface area (TPSA) is 86.7 Å². The molecule has 0 saturated carbocycles. The third kappa shape index (κ3) is 6.83. The van der Waals surface area contributed by atoms with Gasteiger partial charge in [0, 0.05) is 23.3 Å². The van der Waals surface area contributed by atoms with Gasteiger partial charge >= 0.3 is 11.9 Å². The van der Waals surface area contributed by atoms with Crippen molar-refractivity contribution in [1.82, 2.24) is 0 Å². The van der Waals surface area contributed by atoms with Crippen molar-refractivity contribution >= 4 is 45.6 Å². The molecule has 142 valence electrons. The number of halogens is 2. The molecule has 8 heteroatoms. The zero-order valence-corrected chi connectivity index (χ0v) is 15.6. The van der Waals surface area contributed by atoms with E-state index in [1.165, 1.54) is 60.7 Å². The first-order valence-corrected chi connectivity index (χ1v) is 8.49. The van der Waals surface area contributed by atoms with Crippen molar-refractivity contribution in [3.63, 3.8) is 0 Å². The van der Waals surface area contributed by atoms with Crippen molar-refractivity contribution in [1.29, 1.82) is 0 Å². The first-order chi connectivity index (χ1) is 13.3. The quantitative estimate of drug-likeness (QED) is 0.221. The summed E-state index contributed by atoms with van der Waals surface area (Å²) in [5.41, 5.74) is 0.560. The molecule has 0 amide bonds. The molecule has 2 aromatic carbocycles. The lowest BCUT2D eigenvalue weighted by Gasteiger charge is -2.01. The molecule has 28 heavy (non-hydrogen) atoms. The summed E-state index contributed by atoms with van der Waals surface area (Å²) in [6.45, 7) is 0. The molecule has 0 atom stereocenters. The first kappa shape index (κ1) is 21.1. The number of carbonyl (C=O) groups is 4. The highest BCUT2D eigenvalue weighted by molar-refractivity contribution is 6.68. The van der Waals surface area contributed by atoms with Gasteiger partial charge in [0.05, 0.1) is 0 Å². The Hall–Kier alpha value is -3.22. The van der Waals surface area contributed by atoms with Gasteiger partial charge in [-0.05, 0) is 71.7 Å². The maximum atomic E-state index is 11.7. The second-order valence-electron chi connectivity index (χ2n) is 5.16. The van der Waals surface area contributed by atoms with Crippen LogP contribution >= 0.6 is 23.2 Å². The molecule has 0 aliphatic heterocycles. The fraction of sp³-hybridized carbons (Fsp3) is 0. The van der Waals surface area contributed by atoms with E-state index in [1.54, 1.807) is 0 Å². The Labute approximate surface area is 170 Å². The smallest absolute Gasteiger partial charge is 0.336 e. The first-order valence-electron chi connectivity index (χ1n) is 7.73. The van der Waals surface area contributed by atoms with E-state index in [0.717, 1.165) is 12.2 Å². The number of benzene rings is 2. The molecular formula is C20H12Cl2O6. The van der Waals surface area contributed by atoms with E-state index in [2.05, 4.69) is 0 Å². The summed E-state index contributed by atoms with van der Waals surface area (Å²) in [6.07, 6.45) is 4.81. The minimum absolute atomic E-state index is 0.235. The van der Waals surface area contributed by atoms with Gasteiger partial charge in [-0.15, -0.1) is 0 Å². The molecule has 2 aromatic rings. The van der Waals surface area contributed by atoms with Crippen LogP contribution < -0.4 is 9.47 Å². The van der Waals surface area contributed by atoms with Crippen molar-refractivity contribution in [2.24, 2.45) is 0 Å². The zero-order valence-electron chi connectivity index (χ0n) is 14.1. The second kappa shape index (κ2) is 10.2. The van der Waals surface area contributed by atoms with E-state index in [1.807, 2.05) is 0 Å². The van der Waals surface area contributed by atoms with Crippen LogP contribution in [0.5, 0.6) is 11.5 Å². The van der Waals surface area contributed by atoms with Crippen LogP contribution in [-0.4, -0.2) is 22.4 Å². The molecule has 0 spiro atoms. The maximum Gasteiger partial charge on any atom is 0.336 e. The molecule has 0 bridgehead atoms. The lowest BCUT2D eigenvalue weighted by atomic mass is 10.2. The zero-order chi connectivity index (χ0) is 20.5. The lowest BCUT2D eigenvalue weighted by Crippen LogP contribution is -2.04. The Morgan fingerprint density at radius 1 is 0.607 bits per heavy atom. The van der Waals surface area contributed by atoms with E-state index in [9.17, 15) is 19.2 Å². The highest BCUT2D eigenvalue weighted by Gasteiger charge is 2.05. The predicted molar refractivity (Wildman–Crippen MR) is 103 cm³/mol. The van der Waals surface area contributed by atoms with Gasteiger partial charge in [0.2, 0.25) is 0 Å². The molecule has 6 nitrogen and oxygen atoms in total. The van der Waals surface area contributed by atoms with Crippen molar-refractivity contribution in [3.8, 4) is 11.5 Å². The van der Waals surface area contributed by atoms with E-state index in [4.69, 9.17) is 32.7 Å². The van der Waals surface area contributed by atoms with E-state index in [-0.39, 0.29) is 22.6 Å². The van der Waals surface area contributed by atoms with Crippen LogP contribution in [0.1, 0.15) is 20.7 Å². The average molecular weight is 419 g/mol. The molecule has 0 fully saturated rings. The fourth-order valence-corrected chi connectivity index (χ4v) is 2.13. The van der Waals surface area contributed by atoms with E-state index in [0.29, 0.717) is 0 Å². The van der Waals surface area contributed by atoms with Gasteiger partial charge in [-0.1, -0.05) is 12.2 Å². The lowest BCUT2D eigenvalue weighted by molar-refractivity contribution is -0.130. The minimum Gasteiger partial charge on any atom is -0.423 e. The van der Waals surface area contributed by atoms with Crippen LogP contribution in [0.3, 0.4) is 0 Å². The van der Waals surface area contributed by atoms with Gasteiger partial charge in [-0.2, -0.15) is 0 Å². The predicted octanol–water partition coefficient (Wildman–Crippen LogP) is 4.07. The molecule has 0 saturated heterocycles. The Balaban J connectivity index is 1.82. The van der Waals surface area contributed by atoms with Gasteiger partial charge in [0.1, 0.15) is 11.5 Å². The highest BCUT2D eigenvalue weighted by Crippen LogP contribution is 2.15. The summed E-state index contributed by atoms with van der Waals surface area (Å²) in [5, 5.41) is -1.23. The van der Waals surface area contributed by atoms with Crippen LogP contribution in [-0.2, 0) is 9.59 Å². The Morgan fingerprint density at radius 2 is 0.929 bits per heavy atom. The molecule has 0 aromatic heterocycles. The number of esters is 2. The number of allylic oxidation sites excluding steroid dienone is 2.